The van der Waals surface area contributed by atoms with Gasteiger partial charge in [0, 0.05) is 6.54 Å². The van der Waals surface area contributed by atoms with Gasteiger partial charge in [-0.2, -0.15) is 0 Å². The van der Waals surface area contributed by atoms with Crippen LogP contribution in [0.5, 0.6) is 0 Å². The number of fused-ring (bicyclic) bond motifs is 1. The minimum Gasteiger partial charge on any atom is -0.352 e. The van der Waals surface area contributed by atoms with Crippen LogP contribution in [0.4, 0.5) is 0 Å². The highest BCUT2D eigenvalue weighted by molar-refractivity contribution is 6.25. The summed E-state index contributed by atoms with van der Waals surface area (Å²) < 4.78 is 0. The van der Waals surface area contributed by atoms with E-state index in [9.17, 15) is 14.4 Å². The first-order chi connectivity index (χ1) is 8.66. The van der Waals surface area contributed by atoms with E-state index in [4.69, 9.17) is 0 Å². The van der Waals surface area contributed by atoms with Gasteiger partial charge in [-0.15, -0.1) is 0 Å². The van der Waals surface area contributed by atoms with Crippen molar-refractivity contribution in [1.82, 2.24) is 10.6 Å². The standard InChI is InChI=1S/C13H12N2O3/c16-11(14-6-7-4-5-7)8-2-1-3-9-10(8)13(18)15-12(9)17/h1-3,7H,4-6H2,(H,14,16)(H,15,17,18). The molecule has 3 amide bonds. The van der Waals surface area contributed by atoms with Gasteiger partial charge < -0.3 is 5.32 Å². The van der Waals surface area contributed by atoms with Gasteiger partial charge in [-0.1, -0.05) is 6.07 Å². The van der Waals surface area contributed by atoms with Crippen LogP contribution in [0.15, 0.2) is 18.2 Å². The average Bonchev–Trinajstić information content (AvgIpc) is 3.14. The second kappa shape index (κ2) is 3.94. The molecule has 2 aliphatic rings. The lowest BCUT2D eigenvalue weighted by molar-refractivity contribution is 0.0871. The molecule has 0 atom stereocenters. The zero-order valence-electron chi connectivity index (χ0n) is 9.66. The Morgan fingerprint density at radius 2 is 2.06 bits per heavy atom. The van der Waals surface area contributed by atoms with Crippen LogP contribution in [0.25, 0.3) is 0 Å². The molecule has 0 aromatic heterocycles. The van der Waals surface area contributed by atoms with E-state index in [0.29, 0.717) is 12.5 Å². The van der Waals surface area contributed by atoms with Crippen molar-refractivity contribution in [2.45, 2.75) is 12.8 Å². The summed E-state index contributed by atoms with van der Waals surface area (Å²) in [7, 11) is 0. The SMILES string of the molecule is O=C(NCC1CC1)c1cccc2c1C(=O)NC2=O. The van der Waals surface area contributed by atoms with Crippen molar-refractivity contribution in [2.75, 3.05) is 6.54 Å². The monoisotopic (exact) mass is 244 g/mol. The molecule has 3 rings (SSSR count). The summed E-state index contributed by atoms with van der Waals surface area (Å²) in [5.41, 5.74) is 0.742. The van der Waals surface area contributed by atoms with Crippen molar-refractivity contribution >= 4 is 17.7 Å². The van der Waals surface area contributed by atoms with E-state index >= 15 is 0 Å². The van der Waals surface area contributed by atoms with E-state index in [1.165, 1.54) is 0 Å². The first kappa shape index (κ1) is 11.0. The molecule has 1 aromatic rings. The molecule has 1 heterocycles. The van der Waals surface area contributed by atoms with E-state index in [1.807, 2.05) is 0 Å². The van der Waals surface area contributed by atoms with E-state index in [-0.39, 0.29) is 22.6 Å². The molecule has 5 heteroatoms. The maximum absolute atomic E-state index is 12.0. The molecule has 0 bridgehead atoms. The molecular formula is C13H12N2O3. The first-order valence-electron chi connectivity index (χ1n) is 5.93. The van der Waals surface area contributed by atoms with Crippen LogP contribution in [0.2, 0.25) is 0 Å². The fraction of sp³-hybridized carbons (Fsp3) is 0.308. The Labute approximate surface area is 104 Å². The van der Waals surface area contributed by atoms with Gasteiger partial charge >= 0.3 is 0 Å². The van der Waals surface area contributed by atoms with Crippen LogP contribution < -0.4 is 10.6 Å². The van der Waals surface area contributed by atoms with Crippen LogP contribution in [-0.4, -0.2) is 24.3 Å². The lowest BCUT2D eigenvalue weighted by Crippen LogP contribution is -2.27. The Hall–Kier alpha value is -2.17. The number of rotatable bonds is 3. The summed E-state index contributed by atoms with van der Waals surface area (Å²) in [5, 5.41) is 4.99. The summed E-state index contributed by atoms with van der Waals surface area (Å²) in [6, 6.07) is 4.73. The van der Waals surface area contributed by atoms with Crippen molar-refractivity contribution < 1.29 is 14.4 Å². The highest BCUT2D eigenvalue weighted by atomic mass is 16.2. The summed E-state index contributed by atoms with van der Waals surface area (Å²) >= 11 is 0. The average molecular weight is 244 g/mol. The van der Waals surface area contributed by atoms with Crippen molar-refractivity contribution in [3.05, 3.63) is 34.9 Å². The van der Waals surface area contributed by atoms with Crippen LogP contribution >= 0.6 is 0 Å². The Bertz CT molecular complexity index is 561. The second-order valence-corrected chi connectivity index (χ2v) is 4.66. The van der Waals surface area contributed by atoms with Crippen LogP contribution in [0, 0.1) is 5.92 Å². The number of imide groups is 1. The van der Waals surface area contributed by atoms with Gasteiger partial charge in [0.05, 0.1) is 16.7 Å². The van der Waals surface area contributed by atoms with E-state index in [2.05, 4.69) is 10.6 Å². The maximum Gasteiger partial charge on any atom is 0.259 e. The van der Waals surface area contributed by atoms with Crippen LogP contribution in [0.1, 0.15) is 43.9 Å². The summed E-state index contributed by atoms with van der Waals surface area (Å²) in [4.78, 5) is 35.1. The van der Waals surface area contributed by atoms with Gasteiger partial charge in [0.15, 0.2) is 0 Å². The normalized spacial score (nSPS) is 17.3. The Morgan fingerprint density at radius 3 is 2.78 bits per heavy atom. The molecule has 18 heavy (non-hydrogen) atoms. The molecule has 1 aliphatic heterocycles. The molecule has 1 aliphatic carbocycles. The number of carbonyl (C=O) groups excluding carboxylic acids is 3. The zero-order valence-corrected chi connectivity index (χ0v) is 9.66. The van der Waals surface area contributed by atoms with Crippen molar-refractivity contribution in [3.63, 3.8) is 0 Å². The predicted molar refractivity (Wildman–Crippen MR) is 63.3 cm³/mol. The molecule has 1 fully saturated rings. The highest BCUT2D eigenvalue weighted by Crippen LogP contribution is 2.28. The number of carbonyl (C=O) groups is 3. The van der Waals surface area contributed by atoms with E-state index < -0.39 is 11.8 Å². The maximum atomic E-state index is 12.0. The quantitative estimate of drug-likeness (QED) is 0.769. The number of nitrogens with one attached hydrogen (secondary N) is 2. The Balaban J connectivity index is 1.90. The fourth-order valence-electron chi connectivity index (χ4n) is 2.06. The molecule has 5 nitrogen and oxygen atoms in total. The topological polar surface area (TPSA) is 75.3 Å². The van der Waals surface area contributed by atoms with Gasteiger partial charge in [0.25, 0.3) is 17.7 Å². The van der Waals surface area contributed by atoms with Crippen molar-refractivity contribution in [1.29, 1.82) is 0 Å². The minimum absolute atomic E-state index is 0.191. The van der Waals surface area contributed by atoms with E-state index in [1.54, 1.807) is 18.2 Å². The molecule has 0 radical (unpaired) electrons. The molecule has 1 saturated carbocycles. The zero-order chi connectivity index (χ0) is 12.7. The lowest BCUT2D eigenvalue weighted by Gasteiger charge is -2.06. The molecule has 2 N–H and O–H groups in total. The molecule has 0 saturated heterocycles. The molecular weight excluding hydrogens is 232 g/mol. The van der Waals surface area contributed by atoms with Gasteiger partial charge in [-0.3, -0.25) is 19.7 Å². The number of hydrogen-bond donors (Lipinski definition) is 2. The molecule has 1 aromatic carbocycles. The smallest absolute Gasteiger partial charge is 0.259 e. The van der Waals surface area contributed by atoms with Crippen molar-refractivity contribution in [2.24, 2.45) is 5.92 Å². The number of benzene rings is 1. The van der Waals surface area contributed by atoms with Crippen LogP contribution in [0.3, 0.4) is 0 Å². The third-order valence-corrected chi connectivity index (χ3v) is 3.26. The molecule has 92 valence electrons. The third-order valence-electron chi connectivity index (χ3n) is 3.26. The first-order valence-corrected chi connectivity index (χ1v) is 5.93. The Morgan fingerprint density at radius 1 is 1.28 bits per heavy atom. The van der Waals surface area contributed by atoms with Gasteiger partial charge in [-0.25, -0.2) is 0 Å². The number of amides is 3. The van der Waals surface area contributed by atoms with Crippen LogP contribution in [-0.2, 0) is 0 Å². The molecule has 0 unspecified atom stereocenters. The summed E-state index contributed by atoms with van der Waals surface area (Å²) in [5.74, 6) is -0.649. The van der Waals surface area contributed by atoms with Gasteiger partial charge in [-0.05, 0) is 30.9 Å². The lowest BCUT2D eigenvalue weighted by atomic mass is 10.0. The van der Waals surface area contributed by atoms with Gasteiger partial charge in [0.2, 0.25) is 0 Å². The minimum atomic E-state index is -0.493. The fourth-order valence-corrected chi connectivity index (χ4v) is 2.06. The Kier molecular flexibility index (Phi) is 2.40. The largest absolute Gasteiger partial charge is 0.352 e. The van der Waals surface area contributed by atoms with Gasteiger partial charge in [0.1, 0.15) is 0 Å². The predicted octanol–water partition coefficient (Wildman–Crippen LogP) is 0.710. The number of hydrogen-bond acceptors (Lipinski definition) is 3. The summed E-state index contributed by atoms with van der Waals surface area (Å²) in [6.45, 7) is 0.637. The summed E-state index contributed by atoms with van der Waals surface area (Å²) in [6.07, 6.45) is 2.29. The molecule has 0 spiro atoms. The second-order valence-electron chi connectivity index (χ2n) is 4.66. The van der Waals surface area contributed by atoms with E-state index in [0.717, 1.165) is 12.8 Å². The van der Waals surface area contributed by atoms with Crippen molar-refractivity contribution in [3.8, 4) is 0 Å². The highest BCUT2D eigenvalue weighted by Gasteiger charge is 2.31. The third kappa shape index (κ3) is 1.77.